The molecular formula is C18H21NO2. The summed E-state index contributed by atoms with van der Waals surface area (Å²) < 4.78 is 5.25. The van der Waals surface area contributed by atoms with Gasteiger partial charge in [-0.05, 0) is 34.9 Å². The average Bonchev–Trinajstić information content (AvgIpc) is 2.52. The van der Waals surface area contributed by atoms with Gasteiger partial charge in [-0.15, -0.1) is 0 Å². The van der Waals surface area contributed by atoms with Crippen molar-refractivity contribution >= 4 is 5.91 Å². The van der Waals surface area contributed by atoms with Gasteiger partial charge in [-0.1, -0.05) is 44.2 Å². The quantitative estimate of drug-likeness (QED) is 0.910. The van der Waals surface area contributed by atoms with E-state index in [4.69, 9.17) is 4.74 Å². The molecule has 0 fully saturated rings. The van der Waals surface area contributed by atoms with Crippen molar-refractivity contribution in [1.82, 2.24) is 5.32 Å². The normalized spacial score (nSPS) is 10.5. The van der Waals surface area contributed by atoms with Gasteiger partial charge >= 0.3 is 0 Å². The van der Waals surface area contributed by atoms with Crippen LogP contribution in [0.5, 0.6) is 5.75 Å². The molecule has 2 rings (SSSR count). The molecular weight excluding hydrogens is 262 g/mol. The molecule has 0 aliphatic heterocycles. The molecule has 110 valence electrons. The molecule has 2 aromatic rings. The van der Waals surface area contributed by atoms with Crippen molar-refractivity contribution in [2.45, 2.75) is 20.4 Å². The average molecular weight is 283 g/mol. The van der Waals surface area contributed by atoms with Gasteiger partial charge in [0.2, 0.25) is 5.91 Å². The van der Waals surface area contributed by atoms with Gasteiger partial charge in [-0.3, -0.25) is 4.79 Å². The van der Waals surface area contributed by atoms with Crippen LogP contribution in [0.4, 0.5) is 0 Å². The summed E-state index contributed by atoms with van der Waals surface area (Å²) in [6.45, 7) is 4.33. The monoisotopic (exact) mass is 283 g/mol. The van der Waals surface area contributed by atoms with Crippen molar-refractivity contribution in [2.24, 2.45) is 5.92 Å². The minimum Gasteiger partial charge on any atom is -0.497 e. The fraction of sp³-hybridized carbons (Fsp3) is 0.278. The first-order valence-electron chi connectivity index (χ1n) is 7.11. The first-order chi connectivity index (χ1) is 10.1. The maximum Gasteiger partial charge on any atom is 0.222 e. The molecule has 3 nitrogen and oxygen atoms in total. The van der Waals surface area contributed by atoms with E-state index in [1.165, 1.54) is 0 Å². The Balaban J connectivity index is 2.15. The van der Waals surface area contributed by atoms with E-state index in [9.17, 15) is 4.79 Å². The van der Waals surface area contributed by atoms with E-state index in [0.29, 0.717) is 6.54 Å². The van der Waals surface area contributed by atoms with Crippen LogP contribution in [-0.2, 0) is 11.3 Å². The van der Waals surface area contributed by atoms with Gasteiger partial charge in [0.05, 0.1) is 7.11 Å². The summed E-state index contributed by atoms with van der Waals surface area (Å²) in [6.07, 6.45) is 0. The highest BCUT2D eigenvalue weighted by atomic mass is 16.5. The van der Waals surface area contributed by atoms with Gasteiger partial charge in [0.25, 0.3) is 0 Å². The second-order valence-corrected chi connectivity index (χ2v) is 5.30. The van der Waals surface area contributed by atoms with Crippen LogP contribution >= 0.6 is 0 Å². The number of methoxy groups -OCH3 is 1. The lowest BCUT2D eigenvalue weighted by Gasteiger charge is -2.10. The summed E-state index contributed by atoms with van der Waals surface area (Å²) in [6, 6.07) is 16.1. The summed E-state index contributed by atoms with van der Waals surface area (Å²) in [4.78, 5) is 11.6. The second kappa shape index (κ2) is 6.93. The summed E-state index contributed by atoms with van der Waals surface area (Å²) >= 11 is 0. The number of hydrogen-bond donors (Lipinski definition) is 1. The van der Waals surface area contributed by atoms with Gasteiger partial charge in [0.15, 0.2) is 0 Å². The lowest BCUT2D eigenvalue weighted by Crippen LogP contribution is -2.27. The van der Waals surface area contributed by atoms with Crippen molar-refractivity contribution < 1.29 is 9.53 Å². The molecule has 1 amide bonds. The number of carbonyl (C=O) groups is 1. The highest BCUT2D eigenvalue weighted by Gasteiger charge is 2.06. The summed E-state index contributed by atoms with van der Waals surface area (Å²) in [5.41, 5.74) is 3.31. The third kappa shape index (κ3) is 4.09. The molecule has 0 aliphatic rings. The van der Waals surface area contributed by atoms with Crippen LogP contribution in [0.3, 0.4) is 0 Å². The smallest absolute Gasteiger partial charge is 0.222 e. The second-order valence-electron chi connectivity index (χ2n) is 5.30. The number of carbonyl (C=O) groups excluding carboxylic acids is 1. The van der Waals surface area contributed by atoms with E-state index in [-0.39, 0.29) is 11.8 Å². The minimum atomic E-state index is 0.00608. The molecule has 0 saturated heterocycles. The summed E-state index contributed by atoms with van der Waals surface area (Å²) in [7, 11) is 1.66. The lowest BCUT2D eigenvalue weighted by atomic mass is 10.0. The first kappa shape index (κ1) is 15.1. The number of ether oxygens (including phenoxy) is 1. The van der Waals surface area contributed by atoms with Crippen LogP contribution in [0.15, 0.2) is 48.5 Å². The fourth-order valence-electron chi connectivity index (χ4n) is 2.06. The molecule has 21 heavy (non-hydrogen) atoms. The Morgan fingerprint density at radius 1 is 1.10 bits per heavy atom. The predicted molar refractivity (Wildman–Crippen MR) is 85.1 cm³/mol. The molecule has 0 atom stereocenters. The standard InChI is InChI=1S/C18H21NO2/c1-13(2)18(20)19-12-14-6-4-7-15(10-14)16-8-5-9-17(11-16)21-3/h4-11,13H,12H2,1-3H3,(H,19,20). The van der Waals surface area contributed by atoms with Crippen LogP contribution in [0.2, 0.25) is 0 Å². The Morgan fingerprint density at radius 2 is 1.76 bits per heavy atom. The molecule has 0 aromatic heterocycles. The van der Waals surface area contributed by atoms with Crippen molar-refractivity contribution in [3.63, 3.8) is 0 Å². The van der Waals surface area contributed by atoms with Crippen molar-refractivity contribution in [1.29, 1.82) is 0 Å². The van der Waals surface area contributed by atoms with E-state index in [1.807, 2.05) is 50.2 Å². The largest absolute Gasteiger partial charge is 0.497 e. The van der Waals surface area contributed by atoms with E-state index in [2.05, 4.69) is 17.4 Å². The first-order valence-corrected chi connectivity index (χ1v) is 7.11. The zero-order valence-corrected chi connectivity index (χ0v) is 12.7. The van der Waals surface area contributed by atoms with Gasteiger partial charge in [0, 0.05) is 12.5 Å². The fourth-order valence-corrected chi connectivity index (χ4v) is 2.06. The van der Waals surface area contributed by atoms with E-state index in [1.54, 1.807) is 7.11 Å². The summed E-state index contributed by atoms with van der Waals surface area (Å²) in [5.74, 6) is 0.916. The Bertz CT molecular complexity index is 620. The van der Waals surface area contributed by atoms with Crippen molar-refractivity contribution in [3.05, 3.63) is 54.1 Å². The minimum absolute atomic E-state index is 0.00608. The molecule has 0 saturated carbocycles. The van der Waals surface area contributed by atoms with E-state index >= 15 is 0 Å². The number of benzene rings is 2. The zero-order chi connectivity index (χ0) is 15.2. The Hall–Kier alpha value is -2.29. The van der Waals surface area contributed by atoms with E-state index < -0.39 is 0 Å². The third-order valence-electron chi connectivity index (χ3n) is 3.32. The molecule has 1 N–H and O–H groups in total. The molecule has 0 radical (unpaired) electrons. The van der Waals surface area contributed by atoms with Crippen LogP contribution in [0, 0.1) is 5.92 Å². The van der Waals surface area contributed by atoms with Crippen LogP contribution in [0.1, 0.15) is 19.4 Å². The zero-order valence-electron chi connectivity index (χ0n) is 12.7. The predicted octanol–water partition coefficient (Wildman–Crippen LogP) is 3.63. The van der Waals surface area contributed by atoms with Crippen LogP contribution < -0.4 is 10.1 Å². The topological polar surface area (TPSA) is 38.3 Å². The Morgan fingerprint density at radius 3 is 2.43 bits per heavy atom. The molecule has 0 bridgehead atoms. The number of nitrogens with one attached hydrogen (secondary N) is 1. The molecule has 0 aliphatic carbocycles. The third-order valence-corrected chi connectivity index (χ3v) is 3.32. The maximum absolute atomic E-state index is 11.6. The van der Waals surface area contributed by atoms with Crippen molar-refractivity contribution in [2.75, 3.05) is 7.11 Å². The number of amides is 1. The van der Waals surface area contributed by atoms with Crippen LogP contribution in [0.25, 0.3) is 11.1 Å². The number of hydrogen-bond acceptors (Lipinski definition) is 2. The van der Waals surface area contributed by atoms with Gasteiger partial charge in [-0.25, -0.2) is 0 Å². The SMILES string of the molecule is COc1cccc(-c2cccc(CNC(=O)C(C)C)c2)c1. The highest BCUT2D eigenvalue weighted by Crippen LogP contribution is 2.24. The van der Waals surface area contributed by atoms with E-state index in [0.717, 1.165) is 22.4 Å². The molecule has 3 heteroatoms. The molecule has 0 unspecified atom stereocenters. The number of rotatable bonds is 5. The van der Waals surface area contributed by atoms with Crippen LogP contribution in [-0.4, -0.2) is 13.0 Å². The summed E-state index contributed by atoms with van der Waals surface area (Å²) in [5, 5.41) is 2.94. The maximum atomic E-state index is 11.6. The Kier molecular flexibility index (Phi) is 4.99. The molecule has 0 heterocycles. The van der Waals surface area contributed by atoms with Gasteiger partial charge in [-0.2, -0.15) is 0 Å². The Labute approximate surface area is 126 Å². The highest BCUT2D eigenvalue weighted by molar-refractivity contribution is 5.77. The molecule has 0 spiro atoms. The lowest BCUT2D eigenvalue weighted by molar-refractivity contribution is -0.124. The molecule has 2 aromatic carbocycles. The van der Waals surface area contributed by atoms with Gasteiger partial charge < -0.3 is 10.1 Å². The van der Waals surface area contributed by atoms with Crippen molar-refractivity contribution in [3.8, 4) is 16.9 Å². The van der Waals surface area contributed by atoms with Gasteiger partial charge in [0.1, 0.15) is 5.75 Å².